The van der Waals surface area contributed by atoms with Gasteiger partial charge in [-0.2, -0.15) is 11.8 Å². The quantitative estimate of drug-likeness (QED) is 0.481. The lowest BCUT2D eigenvalue weighted by molar-refractivity contribution is 0.628. The van der Waals surface area contributed by atoms with Crippen molar-refractivity contribution in [2.45, 2.75) is 12.2 Å². The Kier molecular flexibility index (Phi) is 5.31. The molecule has 0 fully saturated rings. The molecule has 7 heteroatoms. The number of aromatic amines is 1. The molecule has 0 spiro atoms. The maximum atomic E-state index is 13.1. The number of benzene rings is 1. The van der Waals surface area contributed by atoms with E-state index in [-0.39, 0.29) is 11.4 Å². The van der Waals surface area contributed by atoms with Crippen molar-refractivity contribution in [1.82, 2.24) is 15.0 Å². The highest BCUT2D eigenvalue weighted by molar-refractivity contribution is 7.98. The summed E-state index contributed by atoms with van der Waals surface area (Å²) in [7, 11) is 0. The number of hydrogen-bond acceptors (Lipinski definition) is 5. The molecule has 4 nitrogen and oxygen atoms in total. The van der Waals surface area contributed by atoms with Gasteiger partial charge in [-0.1, -0.05) is 12.1 Å². The molecule has 0 atom stereocenters. The van der Waals surface area contributed by atoms with Crippen LogP contribution in [0.2, 0.25) is 0 Å². The highest BCUT2D eigenvalue weighted by Gasteiger charge is 2.10. The van der Waals surface area contributed by atoms with Crippen molar-refractivity contribution in [2.75, 3.05) is 5.75 Å². The number of H-pyrrole nitrogens is 1. The number of thioether (sulfide) groups is 1. The van der Waals surface area contributed by atoms with Gasteiger partial charge in [0.2, 0.25) is 0 Å². The van der Waals surface area contributed by atoms with E-state index in [4.69, 9.17) is 0 Å². The minimum Gasteiger partial charge on any atom is -0.309 e. The Morgan fingerprint density at radius 3 is 2.67 bits per heavy atom. The highest BCUT2D eigenvalue weighted by Crippen LogP contribution is 2.31. The van der Waals surface area contributed by atoms with Gasteiger partial charge in [-0.3, -0.25) is 9.78 Å². The Bertz CT molecular complexity index is 1110. The van der Waals surface area contributed by atoms with Crippen LogP contribution in [0.5, 0.6) is 0 Å². The van der Waals surface area contributed by atoms with E-state index in [1.54, 1.807) is 36.3 Å². The lowest BCUT2D eigenvalue weighted by Gasteiger charge is -2.02. The third-order valence-electron chi connectivity index (χ3n) is 4.08. The summed E-state index contributed by atoms with van der Waals surface area (Å²) in [4.78, 5) is 24.8. The fraction of sp³-hybridized carbons (Fsp3) is 0.150. The van der Waals surface area contributed by atoms with Crippen LogP contribution in [-0.4, -0.2) is 20.7 Å². The van der Waals surface area contributed by atoms with Crippen molar-refractivity contribution in [2.24, 2.45) is 0 Å². The highest BCUT2D eigenvalue weighted by atomic mass is 32.2. The number of fused-ring (bicyclic) bond motifs is 1. The summed E-state index contributed by atoms with van der Waals surface area (Å²) in [5, 5.41) is 0. The minimum atomic E-state index is -0.276. The molecular weight excluding hydrogens is 381 g/mol. The Labute approximate surface area is 163 Å². The molecule has 0 aliphatic carbocycles. The average Bonchev–Trinajstić information content (AvgIpc) is 3.11. The van der Waals surface area contributed by atoms with Gasteiger partial charge >= 0.3 is 0 Å². The second-order valence-electron chi connectivity index (χ2n) is 6.00. The second kappa shape index (κ2) is 8.02. The van der Waals surface area contributed by atoms with Crippen molar-refractivity contribution in [3.05, 3.63) is 82.4 Å². The maximum Gasteiger partial charge on any atom is 0.268 e. The van der Waals surface area contributed by atoms with Crippen molar-refractivity contribution in [1.29, 1.82) is 0 Å². The molecule has 136 valence electrons. The first-order chi connectivity index (χ1) is 13.2. The smallest absolute Gasteiger partial charge is 0.268 e. The summed E-state index contributed by atoms with van der Waals surface area (Å²) in [6.45, 7) is 0. The van der Waals surface area contributed by atoms with E-state index >= 15 is 0 Å². The van der Waals surface area contributed by atoms with Crippen LogP contribution in [0.4, 0.5) is 4.39 Å². The predicted octanol–water partition coefficient (Wildman–Crippen LogP) is 4.66. The molecule has 4 aromatic rings. The Morgan fingerprint density at radius 1 is 1.11 bits per heavy atom. The molecule has 0 radical (unpaired) electrons. The predicted molar refractivity (Wildman–Crippen MR) is 110 cm³/mol. The maximum absolute atomic E-state index is 13.1. The van der Waals surface area contributed by atoms with Gasteiger partial charge in [-0.05, 0) is 53.6 Å². The first kappa shape index (κ1) is 17.9. The number of nitrogens with one attached hydrogen (secondary N) is 1. The number of aryl methyl sites for hydroxylation is 1. The van der Waals surface area contributed by atoms with Crippen LogP contribution in [0.15, 0.2) is 59.7 Å². The summed E-state index contributed by atoms with van der Waals surface area (Å²) >= 11 is 3.11. The van der Waals surface area contributed by atoms with Gasteiger partial charge in [-0.25, -0.2) is 9.37 Å². The summed E-state index contributed by atoms with van der Waals surface area (Å²) in [5.41, 5.74) is 2.69. The first-order valence-corrected chi connectivity index (χ1v) is 10.4. The van der Waals surface area contributed by atoms with Gasteiger partial charge in [0, 0.05) is 17.3 Å². The van der Waals surface area contributed by atoms with E-state index in [9.17, 15) is 9.18 Å². The number of hydrogen-bond donors (Lipinski definition) is 1. The third-order valence-corrected chi connectivity index (χ3v) is 6.23. The number of nitrogens with zero attached hydrogens (tertiary/aromatic N) is 2. The largest absolute Gasteiger partial charge is 0.309 e. The normalized spacial score (nSPS) is 11.1. The van der Waals surface area contributed by atoms with E-state index in [0.717, 1.165) is 22.6 Å². The van der Waals surface area contributed by atoms with Crippen LogP contribution in [0, 0.1) is 5.82 Å². The molecule has 3 aromatic heterocycles. The van der Waals surface area contributed by atoms with Gasteiger partial charge in [0.05, 0.1) is 11.3 Å². The molecule has 1 N–H and O–H groups in total. The van der Waals surface area contributed by atoms with Crippen LogP contribution in [0.3, 0.4) is 0 Å². The van der Waals surface area contributed by atoms with E-state index in [1.807, 2.05) is 18.2 Å². The summed E-state index contributed by atoms with van der Waals surface area (Å²) in [6, 6.07) is 12.2. The molecule has 0 amide bonds. The molecular formula is C20H16FN3OS2. The lowest BCUT2D eigenvalue weighted by atomic mass is 10.2. The molecule has 0 unspecified atom stereocenters. The number of thiophene rings is 1. The summed E-state index contributed by atoms with van der Waals surface area (Å²) < 4.78 is 13.7. The standard InChI is InChI=1S/C20H16FN3OS2/c21-15-3-1-14(2-4-15)17-11-16-19(27-17)20(25)24-18(23-16)12-26-10-7-13-5-8-22-9-6-13/h1-6,8-9,11H,7,10,12H2,(H,23,24,25). The van der Waals surface area contributed by atoms with E-state index in [2.05, 4.69) is 15.0 Å². The zero-order valence-corrected chi connectivity index (χ0v) is 15.9. The number of halogens is 1. The molecule has 3 heterocycles. The topological polar surface area (TPSA) is 58.6 Å². The lowest BCUT2D eigenvalue weighted by Crippen LogP contribution is -2.09. The summed E-state index contributed by atoms with van der Waals surface area (Å²) in [5.74, 6) is 1.99. The molecule has 0 aliphatic rings. The molecule has 0 aliphatic heterocycles. The summed E-state index contributed by atoms with van der Waals surface area (Å²) in [6.07, 6.45) is 4.54. The van der Waals surface area contributed by atoms with Crippen LogP contribution in [-0.2, 0) is 12.2 Å². The van der Waals surface area contributed by atoms with E-state index < -0.39 is 0 Å². The Hall–Kier alpha value is -2.51. The third kappa shape index (κ3) is 4.26. The van der Waals surface area contributed by atoms with Crippen molar-refractivity contribution >= 4 is 33.3 Å². The zero-order valence-electron chi connectivity index (χ0n) is 14.3. The van der Waals surface area contributed by atoms with Crippen molar-refractivity contribution in [3.63, 3.8) is 0 Å². The molecule has 0 saturated heterocycles. The van der Waals surface area contributed by atoms with Gasteiger partial charge in [0.25, 0.3) is 5.56 Å². The first-order valence-electron chi connectivity index (χ1n) is 8.44. The van der Waals surface area contributed by atoms with E-state index in [1.165, 1.54) is 29.0 Å². The minimum absolute atomic E-state index is 0.122. The van der Waals surface area contributed by atoms with Gasteiger partial charge in [0.1, 0.15) is 16.3 Å². The SMILES string of the molecule is O=c1[nH]c(CSCCc2ccncc2)nc2cc(-c3ccc(F)cc3)sc12. The second-order valence-corrected chi connectivity index (χ2v) is 8.16. The molecule has 4 rings (SSSR count). The zero-order chi connectivity index (χ0) is 18.6. The molecule has 27 heavy (non-hydrogen) atoms. The van der Waals surface area contributed by atoms with Gasteiger partial charge in [0.15, 0.2) is 0 Å². The van der Waals surface area contributed by atoms with Gasteiger partial charge < -0.3 is 4.98 Å². The Balaban J connectivity index is 1.48. The van der Waals surface area contributed by atoms with Crippen molar-refractivity contribution in [3.8, 4) is 10.4 Å². The van der Waals surface area contributed by atoms with E-state index in [0.29, 0.717) is 21.8 Å². The molecule has 1 aromatic carbocycles. The van der Waals surface area contributed by atoms with Crippen LogP contribution in [0.25, 0.3) is 20.7 Å². The fourth-order valence-electron chi connectivity index (χ4n) is 2.72. The van der Waals surface area contributed by atoms with Crippen LogP contribution >= 0.6 is 23.1 Å². The van der Waals surface area contributed by atoms with Crippen LogP contribution < -0.4 is 5.56 Å². The number of pyridine rings is 1. The van der Waals surface area contributed by atoms with Gasteiger partial charge in [-0.15, -0.1) is 11.3 Å². The molecule has 0 bridgehead atoms. The molecule has 0 saturated carbocycles. The average molecular weight is 398 g/mol. The number of rotatable bonds is 6. The Morgan fingerprint density at radius 2 is 1.89 bits per heavy atom. The number of aromatic nitrogens is 3. The fourth-order valence-corrected chi connectivity index (χ4v) is 4.57. The monoisotopic (exact) mass is 397 g/mol. The van der Waals surface area contributed by atoms with Crippen LogP contribution in [0.1, 0.15) is 11.4 Å². The van der Waals surface area contributed by atoms with Crippen molar-refractivity contribution < 1.29 is 4.39 Å².